The van der Waals surface area contributed by atoms with Gasteiger partial charge in [0.1, 0.15) is 0 Å². The van der Waals surface area contributed by atoms with Crippen LogP contribution >= 0.6 is 0 Å². The second kappa shape index (κ2) is 3.79. The zero-order valence-electron chi connectivity index (χ0n) is 7.64. The van der Waals surface area contributed by atoms with Crippen molar-refractivity contribution in [2.45, 2.75) is 25.5 Å². The number of carbonyl (C=O) groups excluding carboxylic acids is 2. The van der Waals surface area contributed by atoms with Crippen molar-refractivity contribution < 1.29 is 19.2 Å². The van der Waals surface area contributed by atoms with Gasteiger partial charge in [-0.2, -0.15) is 0 Å². The number of hydrogen-bond donors (Lipinski definition) is 0. The Hall–Kier alpha value is -1.36. The maximum Gasteiger partial charge on any atom is 0.350 e. The first-order valence-electron chi connectivity index (χ1n) is 4.63. The second-order valence-electron chi connectivity index (χ2n) is 3.27. The Bertz CT molecular complexity index is 259. The summed E-state index contributed by atoms with van der Waals surface area (Å²) in [5.74, 6) is -1.01. The fourth-order valence-corrected chi connectivity index (χ4v) is 1.55. The van der Waals surface area contributed by atoms with Crippen LogP contribution in [0.3, 0.4) is 0 Å². The molecule has 14 heavy (non-hydrogen) atoms. The molecule has 0 spiro atoms. The third-order valence-corrected chi connectivity index (χ3v) is 2.22. The monoisotopic (exact) mass is 197 g/mol. The van der Waals surface area contributed by atoms with Crippen molar-refractivity contribution in [2.24, 2.45) is 0 Å². The molecule has 0 aromatic heterocycles. The topological polar surface area (TPSA) is 55.8 Å². The van der Waals surface area contributed by atoms with E-state index in [1.807, 2.05) is 0 Å². The number of fused-ring (bicyclic) bond motifs is 1. The van der Waals surface area contributed by atoms with Gasteiger partial charge in [0.2, 0.25) is 0 Å². The molecular formula is C9H11NO4. The summed E-state index contributed by atoms with van der Waals surface area (Å²) in [6.07, 6.45) is 4.40. The van der Waals surface area contributed by atoms with E-state index in [-0.39, 0.29) is 0 Å². The van der Waals surface area contributed by atoms with E-state index in [0.717, 1.165) is 25.0 Å². The highest BCUT2D eigenvalue weighted by Crippen LogP contribution is 2.19. The average molecular weight is 197 g/mol. The summed E-state index contributed by atoms with van der Waals surface area (Å²) in [5, 5.41) is 1.44. The molecule has 2 aliphatic heterocycles. The molecular weight excluding hydrogens is 186 g/mol. The van der Waals surface area contributed by atoms with Gasteiger partial charge < -0.3 is 9.57 Å². The average Bonchev–Trinajstić information content (AvgIpc) is 2.16. The molecule has 0 aromatic rings. The molecule has 1 unspecified atom stereocenters. The van der Waals surface area contributed by atoms with Gasteiger partial charge >= 0.3 is 11.9 Å². The van der Waals surface area contributed by atoms with Crippen molar-refractivity contribution in [3.05, 3.63) is 12.2 Å². The highest BCUT2D eigenvalue weighted by atomic mass is 16.7. The van der Waals surface area contributed by atoms with Gasteiger partial charge in [0.05, 0.1) is 0 Å². The number of esters is 1. The summed E-state index contributed by atoms with van der Waals surface area (Å²) in [6.45, 7) is 0.623. The summed E-state index contributed by atoms with van der Waals surface area (Å²) in [7, 11) is 0. The number of nitrogens with zero attached hydrogens (tertiary/aromatic N) is 1. The van der Waals surface area contributed by atoms with Crippen LogP contribution in [0.2, 0.25) is 0 Å². The van der Waals surface area contributed by atoms with Crippen LogP contribution in [-0.2, 0) is 19.2 Å². The fourth-order valence-electron chi connectivity index (χ4n) is 1.55. The lowest BCUT2D eigenvalue weighted by Crippen LogP contribution is -2.44. The van der Waals surface area contributed by atoms with E-state index in [1.54, 1.807) is 0 Å². The molecule has 0 saturated carbocycles. The molecule has 0 bridgehead atoms. The van der Waals surface area contributed by atoms with Gasteiger partial charge in [-0.15, -0.1) is 0 Å². The summed E-state index contributed by atoms with van der Waals surface area (Å²) in [4.78, 5) is 27.1. The molecule has 76 valence electrons. The Morgan fingerprint density at radius 2 is 2.00 bits per heavy atom. The van der Waals surface area contributed by atoms with Gasteiger partial charge in [-0.1, -0.05) is 5.06 Å². The molecule has 0 N–H and O–H groups in total. The minimum Gasteiger partial charge on any atom is -0.440 e. The van der Waals surface area contributed by atoms with Gasteiger partial charge in [-0.05, 0) is 12.8 Å². The van der Waals surface area contributed by atoms with Gasteiger partial charge in [0, 0.05) is 25.1 Å². The zero-order chi connectivity index (χ0) is 9.97. The van der Waals surface area contributed by atoms with E-state index >= 15 is 0 Å². The molecule has 5 nitrogen and oxygen atoms in total. The van der Waals surface area contributed by atoms with Crippen molar-refractivity contribution in [1.82, 2.24) is 5.06 Å². The van der Waals surface area contributed by atoms with E-state index in [1.165, 1.54) is 5.06 Å². The van der Waals surface area contributed by atoms with Crippen LogP contribution in [0, 0.1) is 0 Å². The van der Waals surface area contributed by atoms with E-state index in [4.69, 9.17) is 9.57 Å². The van der Waals surface area contributed by atoms with Crippen molar-refractivity contribution in [3.8, 4) is 0 Å². The minimum absolute atomic E-state index is 0.412. The van der Waals surface area contributed by atoms with E-state index in [9.17, 15) is 9.59 Å². The number of ether oxygens (including phenoxy) is 1. The van der Waals surface area contributed by atoms with Crippen LogP contribution in [0.15, 0.2) is 12.2 Å². The van der Waals surface area contributed by atoms with Crippen LogP contribution in [0.5, 0.6) is 0 Å². The lowest BCUT2D eigenvalue weighted by atomic mass is 10.1. The third kappa shape index (κ3) is 1.93. The Morgan fingerprint density at radius 1 is 1.21 bits per heavy atom. The third-order valence-electron chi connectivity index (χ3n) is 2.22. The van der Waals surface area contributed by atoms with E-state index in [2.05, 4.69) is 0 Å². The zero-order valence-corrected chi connectivity index (χ0v) is 7.64. The molecule has 0 radical (unpaired) electrons. The predicted octanol–water partition coefficient (Wildman–Crippen LogP) is 0.370. The van der Waals surface area contributed by atoms with Gasteiger partial charge in [0.25, 0.3) is 0 Å². The molecule has 0 aromatic carbocycles. The van der Waals surface area contributed by atoms with Crippen molar-refractivity contribution in [3.63, 3.8) is 0 Å². The molecule has 0 aliphatic carbocycles. The first-order chi connectivity index (χ1) is 6.75. The number of piperidine rings is 1. The Kier molecular flexibility index (Phi) is 2.49. The fraction of sp³-hybridized carbons (Fsp3) is 0.556. The molecule has 1 fully saturated rings. The minimum atomic E-state index is -0.520. The normalized spacial score (nSPS) is 30.7. The SMILES string of the molecule is O=C1/C=C\C(=O)ON2CCCCC2O1. The van der Waals surface area contributed by atoms with Crippen molar-refractivity contribution in [2.75, 3.05) is 6.54 Å². The molecule has 2 aliphatic rings. The second-order valence-corrected chi connectivity index (χ2v) is 3.27. The predicted molar refractivity (Wildman–Crippen MR) is 45.7 cm³/mol. The summed E-state index contributed by atoms with van der Waals surface area (Å²) >= 11 is 0. The van der Waals surface area contributed by atoms with Crippen molar-refractivity contribution in [1.29, 1.82) is 0 Å². The summed E-state index contributed by atoms with van der Waals surface area (Å²) in [5.41, 5.74) is 0. The van der Waals surface area contributed by atoms with Crippen LogP contribution in [0.25, 0.3) is 0 Å². The van der Waals surface area contributed by atoms with E-state index in [0.29, 0.717) is 13.0 Å². The lowest BCUT2D eigenvalue weighted by molar-refractivity contribution is -0.246. The lowest BCUT2D eigenvalue weighted by Gasteiger charge is -2.33. The largest absolute Gasteiger partial charge is 0.440 e. The van der Waals surface area contributed by atoms with Crippen LogP contribution < -0.4 is 0 Å². The van der Waals surface area contributed by atoms with Crippen LogP contribution in [0.1, 0.15) is 19.3 Å². The van der Waals surface area contributed by atoms with Gasteiger partial charge in [-0.3, -0.25) is 0 Å². The molecule has 0 amide bonds. The first kappa shape index (κ1) is 9.21. The van der Waals surface area contributed by atoms with Crippen LogP contribution in [-0.4, -0.2) is 29.8 Å². The maximum atomic E-state index is 11.1. The highest BCUT2D eigenvalue weighted by molar-refractivity contribution is 5.91. The van der Waals surface area contributed by atoms with Gasteiger partial charge in [-0.25, -0.2) is 9.59 Å². The molecule has 2 heterocycles. The van der Waals surface area contributed by atoms with E-state index < -0.39 is 18.2 Å². The first-order valence-corrected chi connectivity index (χ1v) is 4.63. The van der Waals surface area contributed by atoms with Crippen LogP contribution in [0.4, 0.5) is 0 Å². The van der Waals surface area contributed by atoms with Crippen molar-refractivity contribution >= 4 is 11.9 Å². The molecule has 1 atom stereocenters. The Labute approximate surface area is 81.2 Å². The number of hydrogen-bond acceptors (Lipinski definition) is 5. The number of rotatable bonds is 0. The Morgan fingerprint density at radius 3 is 2.86 bits per heavy atom. The highest BCUT2D eigenvalue weighted by Gasteiger charge is 2.29. The maximum absolute atomic E-state index is 11.1. The number of hydroxylamine groups is 2. The number of carbonyl (C=O) groups is 2. The molecule has 2 rings (SSSR count). The molecule has 5 heteroatoms. The smallest absolute Gasteiger partial charge is 0.350 e. The quantitative estimate of drug-likeness (QED) is 0.525. The Balaban J connectivity index is 2.14. The van der Waals surface area contributed by atoms with Gasteiger partial charge in [0.15, 0.2) is 6.23 Å². The molecule has 1 saturated heterocycles. The summed E-state index contributed by atoms with van der Waals surface area (Å²) < 4.78 is 5.07. The summed E-state index contributed by atoms with van der Waals surface area (Å²) in [6, 6.07) is 0. The standard InChI is InChI=1S/C9H11NO4/c11-8-4-5-9(12)14-10-6-2-1-3-7(10)13-8/h4-5,7H,1-3,6H2/b5-4-.